The molecule has 358 valence electrons. The van der Waals surface area contributed by atoms with Gasteiger partial charge in [-0.2, -0.15) is 13.2 Å². The van der Waals surface area contributed by atoms with E-state index in [0.717, 1.165) is 41.3 Å². The molecule has 0 saturated carbocycles. The van der Waals surface area contributed by atoms with Crippen molar-refractivity contribution in [1.29, 1.82) is 0 Å². The van der Waals surface area contributed by atoms with Crippen LogP contribution in [0.4, 0.5) is 23.2 Å². The van der Waals surface area contributed by atoms with Gasteiger partial charge in [0.15, 0.2) is 5.60 Å². The Kier molecular flexibility index (Phi) is 17.8. The van der Waals surface area contributed by atoms with Crippen LogP contribution in [0.3, 0.4) is 0 Å². The normalized spacial score (nSPS) is 16.4. The van der Waals surface area contributed by atoms with Crippen molar-refractivity contribution in [3.05, 3.63) is 91.5 Å². The Morgan fingerprint density at radius 1 is 1.00 bits per heavy atom. The number of aliphatic carboxylic acids is 1. The minimum absolute atomic E-state index is 0. The number of cyclic esters (lactones) is 1. The van der Waals surface area contributed by atoms with E-state index < -0.39 is 71.9 Å². The number of fused-ring (bicyclic) bond motifs is 5. The van der Waals surface area contributed by atoms with Crippen molar-refractivity contribution in [3.63, 3.8) is 0 Å². The smallest absolute Gasteiger partial charge is 0.650 e. The number of hydrogen-bond acceptors (Lipinski definition) is 13. The summed E-state index contributed by atoms with van der Waals surface area (Å²) in [7, 11) is 0. The predicted molar refractivity (Wildman–Crippen MR) is 227 cm³/mol. The molecule has 24 heteroatoms. The monoisotopic (exact) mass is 963 g/mol. The Bertz CT molecular complexity index is 2710. The van der Waals surface area contributed by atoms with E-state index in [0.29, 0.717) is 51.4 Å². The molecule has 1 unspecified atom stereocenters. The van der Waals surface area contributed by atoms with Gasteiger partial charge in [-0.1, -0.05) is 25.5 Å². The molecule has 3 aliphatic rings. The Labute approximate surface area is 406 Å². The number of carboxylic acid groups (broad SMARTS) is 1. The van der Waals surface area contributed by atoms with Crippen molar-refractivity contribution in [2.45, 2.75) is 109 Å². The van der Waals surface area contributed by atoms with Crippen LogP contribution in [0.15, 0.2) is 41.2 Å². The molecular formula is C44H46F4N7NaO12. The number of pyridine rings is 2. The van der Waals surface area contributed by atoms with Crippen molar-refractivity contribution in [3.8, 4) is 11.4 Å². The third-order valence-electron chi connectivity index (χ3n) is 11.2. The molecule has 1 aliphatic carbocycles. The molecule has 2 aliphatic heterocycles. The minimum Gasteiger partial charge on any atom is -0.650 e. The van der Waals surface area contributed by atoms with Gasteiger partial charge in [0.1, 0.15) is 24.5 Å². The Morgan fingerprint density at radius 3 is 2.21 bits per heavy atom. The summed E-state index contributed by atoms with van der Waals surface area (Å²) in [4.78, 5) is 97.0. The number of primary amides is 1. The van der Waals surface area contributed by atoms with E-state index >= 15 is 0 Å². The summed E-state index contributed by atoms with van der Waals surface area (Å²) in [6, 6.07) is 6.46. The van der Waals surface area contributed by atoms with Gasteiger partial charge in [-0.05, 0) is 86.9 Å². The number of ether oxygens (including phenoxy) is 2. The van der Waals surface area contributed by atoms with Gasteiger partial charge in [0.2, 0.25) is 23.6 Å². The molecule has 0 fully saturated rings. The molecular weight excluding hydrogens is 918 g/mol. The number of aryl methyl sites for hydroxylation is 2. The molecule has 68 heavy (non-hydrogen) atoms. The van der Waals surface area contributed by atoms with Gasteiger partial charge in [-0.15, -0.1) is 0 Å². The molecule has 4 atom stereocenters. The summed E-state index contributed by atoms with van der Waals surface area (Å²) >= 11 is 0. The first-order chi connectivity index (χ1) is 31.4. The van der Waals surface area contributed by atoms with Crippen LogP contribution in [-0.2, 0) is 81.2 Å². The summed E-state index contributed by atoms with van der Waals surface area (Å²) in [5, 5.41) is 26.4. The van der Waals surface area contributed by atoms with Gasteiger partial charge in [-0.25, -0.2) is 19.0 Å². The third-order valence-corrected chi connectivity index (χ3v) is 11.2. The zero-order chi connectivity index (χ0) is 49.7. The van der Waals surface area contributed by atoms with Crippen LogP contribution in [0.1, 0.15) is 79.0 Å². The minimum atomic E-state index is -5.08. The number of nitrogens with two attached hydrogens (primary N) is 2. The summed E-state index contributed by atoms with van der Waals surface area (Å²) < 4.78 is 57.6. The van der Waals surface area contributed by atoms with Gasteiger partial charge in [0.05, 0.1) is 48.1 Å². The molecule has 0 radical (unpaired) electrons. The Morgan fingerprint density at radius 2 is 1.63 bits per heavy atom. The van der Waals surface area contributed by atoms with Crippen LogP contribution in [0, 0.1) is 12.7 Å². The van der Waals surface area contributed by atoms with Crippen molar-refractivity contribution < 1.29 is 100 Å². The zero-order valence-corrected chi connectivity index (χ0v) is 39.4. The number of alkyl halides is 3. The number of nitrogens with one attached hydrogen (secondary N) is 3. The first kappa shape index (κ1) is 54.3. The maximum absolute atomic E-state index is 14.6. The number of halogens is 4. The fourth-order valence-corrected chi connectivity index (χ4v) is 7.66. The number of carboxylic acids is 1. The zero-order valence-electron chi connectivity index (χ0n) is 37.4. The van der Waals surface area contributed by atoms with E-state index in [2.05, 4.69) is 20.7 Å². The van der Waals surface area contributed by atoms with E-state index in [9.17, 15) is 56.2 Å². The number of aliphatic hydroxyl groups is 1. The second-order valence-electron chi connectivity index (χ2n) is 15.8. The number of hydrogen-bond donors (Lipinski definition) is 7. The molecule has 4 heterocycles. The number of benzene rings is 2. The SMILES string of the molecule is CC(NC(=O)[C@H](C)N)C(=O)N[C@@H](CC(N)=O)C(=O)Nc1ccc(CO[C-]=O)cc1.CC[C@@]1(O)C(=O)OCc2c1cc1n(c2=O)Cc2c-1nc1cc(F)c(C)c3c1c2CCC3.O=C(O)C(F)(F)F.[Na+]. The van der Waals surface area contributed by atoms with E-state index in [1.807, 2.05) is 6.92 Å². The largest absolute Gasteiger partial charge is 1.00 e. The van der Waals surface area contributed by atoms with Gasteiger partial charge in [0.25, 0.3) is 5.56 Å². The second kappa shape index (κ2) is 22.2. The number of nitrogens with zero attached hydrogens (tertiary/aromatic N) is 2. The number of rotatable bonds is 12. The maximum Gasteiger partial charge on any atom is 1.00 e. The number of carbonyl (C=O) groups excluding carboxylic acids is 6. The average Bonchev–Trinajstić information content (AvgIpc) is 3.65. The second-order valence-corrected chi connectivity index (χ2v) is 15.8. The van der Waals surface area contributed by atoms with Gasteiger partial charge in [0, 0.05) is 28.3 Å². The van der Waals surface area contributed by atoms with Crippen LogP contribution < -0.4 is 62.5 Å². The summed E-state index contributed by atoms with van der Waals surface area (Å²) in [6.45, 7) is 7.91. The first-order valence-corrected chi connectivity index (χ1v) is 20.6. The fourth-order valence-electron chi connectivity index (χ4n) is 7.66. The summed E-state index contributed by atoms with van der Waals surface area (Å²) in [6.07, 6.45) is -2.84. The molecule has 19 nitrogen and oxygen atoms in total. The molecule has 0 bridgehead atoms. The van der Waals surface area contributed by atoms with E-state index in [4.69, 9.17) is 31.1 Å². The number of esters is 1. The van der Waals surface area contributed by atoms with Crippen molar-refractivity contribution in [2.75, 3.05) is 5.32 Å². The van der Waals surface area contributed by atoms with Crippen LogP contribution in [0.25, 0.3) is 22.3 Å². The number of anilines is 1. The first-order valence-electron chi connectivity index (χ1n) is 20.6. The van der Waals surface area contributed by atoms with Gasteiger partial charge >= 0.3 is 47.7 Å². The van der Waals surface area contributed by atoms with Gasteiger partial charge in [-0.3, -0.25) is 24.0 Å². The number of aromatic nitrogens is 2. The maximum atomic E-state index is 14.6. The molecule has 4 amide bonds. The fraction of sp³-hybridized carbons (Fsp3) is 0.386. The summed E-state index contributed by atoms with van der Waals surface area (Å²) in [5.74, 6) is -6.46. The average molecular weight is 964 g/mol. The molecule has 0 saturated heterocycles. The van der Waals surface area contributed by atoms with Crippen LogP contribution in [0.5, 0.6) is 0 Å². The van der Waals surface area contributed by atoms with Gasteiger partial charge < -0.3 is 56.5 Å². The van der Waals surface area contributed by atoms with Crippen molar-refractivity contribution in [2.24, 2.45) is 11.5 Å². The van der Waals surface area contributed by atoms with Crippen LogP contribution >= 0.6 is 0 Å². The quantitative estimate of drug-likeness (QED) is 0.0345. The number of amides is 4. The van der Waals surface area contributed by atoms with E-state index in [1.54, 1.807) is 41.8 Å². The molecule has 2 aromatic heterocycles. The van der Waals surface area contributed by atoms with Crippen LogP contribution in [-0.4, -0.2) is 86.1 Å². The molecule has 7 rings (SSSR count). The van der Waals surface area contributed by atoms with Crippen molar-refractivity contribution >= 4 is 58.6 Å². The third kappa shape index (κ3) is 11.9. The van der Waals surface area contributed by atoms with E-state index in [1.165, 1.54) is 26.4 Å². The topological polar surface area (TPSA) is 301 Å². The van der Waals surface area contributed by atoms with Crippen LogP contribution in [0.2, 0.25) is 0 Å². The standard InChI is InChI=1S/C24H21FN2O4.C18H24N5O6.C2HF3O2.Na/c1-3-24(30)16-7-19-21-14(9-27(19)22(28)15(16)10-31-23(24)29)13-6-4-5-12-11(2)17(25)8-18(26-21)20(12)13;1-10(19)16(26)21-11(2)17(27)23-14(7-15(20)25)18(28)22-13-5-3-12(4-6-13)8-29-9-24;3-2(4,5)1(6)7;/h7-8,30H,3-6,9-10H2,1-2H3;3-6,10-11,14H,7-8,19H2,1-2H3,(H2,20,25)(H,21,26)(H,22,28)(H,23,27);(H,6,7);/q;-1;;+1/t24-;10-,11?,14-;;/m00../s1. The predicted octanol–water partition coefficient (Wildman–Crippen LogP) is -0.926. The van der Waals surface area contributed by atoms with E-state index in [-0.39, 0.29) is 60.6 Å². The summed E-state index contributed by atoms with van der Waals surface area (Å²) in [5.41, 5.74) is 15.7. The molecule has 2 aromatic carbocycles. The van der Waals surface area contributed by atoms with Crippen molar-refractivity contribution in [1.82, 2.24) is 20.2 Å². The molecule has 4 aromatic rings. The number of carbonyl (C=O) groups is 6. The molecule has 9 N–H and O–H groups in total. The Balaban J connectivity index is 0.000000258. The Hall–Kier alpha value is -6.27. The molecule has 0 spiro atoms.